The van der Waals surface area contributed by atoms with Crippen molar-refractivity contribution in [2.24, 2.45) is 4.99 Å². The Morgan fingerprint density at radius 3 is 3.11 bits per heavy atom. The summed E-state index contributed by atoms with van der Waals surface area (Å²) >= 11 is 0. The molecule has 0 saturated heterocycles. The van der Waals surface area contributed by atoms with E-state index < -0.39 is 0 Å². The maximum Gasteiger partial charge on any atom is 0.0717 e. The normalized spacial score (nSPS) is 14.9. The molecule has 0 fully saturated rings. The van der Waals surface area contributed by atoms with Gasteiger partial charge in [0, 0.05) is 16.8 Å². The lowest BCUT2D eigenvalue weighted by molar-refractivity contribution is 1.05. The second kappa shape index (κ2) is 3.57. The third-order valence-corrected chi connectivity index (χ3v) is 3.42. The minimum atomic E-state index is 1.00. The Hall–Kier alpha value is -2.35. The highest BCUT2D eigenvalue weighted by Gasteiger charge is 2.04. The van der Waals surface area contributed by atoms with E-state index in [0.717, 1.165) is 22.3 Å². The van der Waals surface area contributed by atoms with E-state index in [1.807, 2.05) is 18.3 Å². The standard InChI is InChI=1S/C16H12N2/c1-3-7-15-13(6-1)11-18-14(10-17-15)9-12-5-2-4-8-16(12)18/h1-3,5-11H,4H2. The Bertz CT molecular complexity index is 896. The van der Waals surface area contributed by atoms with Crippen LogP contribution in [0.25, 0.3) is 24.6 Å². The molecule has 1 aromatic heterocycles. The Balaban J connectivity index is 2.18. The summed E-state index contributed by atoms with van der Waals surface area (Å²) in [4.78, 5) is 4.56. The first-order chi connectivity index (χ1) is 8.92. The Morgan fingerprint density at radius 2 is 2.11 bits per heavy atom. The topological polar surface area (TPSA) is 17.3 Å². The van der Waals surface area contributed by atoms with E-state index in [1.54, 1.807) is 0 Å². The first kappa shape index (κ1) is 9.66. The van der Waals surface area contributed by atoms with Crippen LogP contribution in [-0.2, 0) is 0 Å². The lowest BCUT2D eigenvalue weighted by Crippen LogP contribution is -2.29. The van der Waals surface area contributed by atoms with Gasteiger partial charge in [-0.2, -0.15) is 0 Å². The predicted octanol–water partition coefficient (Wildman–Crippen LogP) is 0.343. The van der Waals surface area contributed by atoms with Gasteiger partial charge in [-0.05, 0) is 24.1 Å². The minimum Gasteiger partial charge on any atom is -0.315 e. The zero-order valence-corrected chi connectivity index (χ0v) is 9.88. The lowest BCUT2D eigenvalue weighted by Gasteiger charge is -1.99. The molecular weight excluding hydrogens is 220 g/mol. The van der Waals surface area contributed by atoms with Crippen LogP contribution in [0.1, 0.15) is 12.0 Å². The summed E-state index contributed by atoms with van der Waals surface area (Å²) in [5.74, 6) is 0. The second-order valence-corrected chi connectivity index (χ2v) is 4.57. The first-order valence-corrected chi connectivity index (χ1v) is 6.15. The van der Waals surface area contributed by atoms with Crippen LogP contribution in [0.4, 0.5) is 0 Å². The van der Waals surface area contributed by atoms with Crippen molar-refractivity contribution < 1.29 is 0 Å². The van der Waals surface area contributed by atoms with Crippen molar-refractivity contribution in [3.05, 3.63) is 63.2 Å². The summed E-state index contributed by atoms with van der Waals surface area (Å²) in [6.07, 6.45) is 11.8. The van der Waals surface area contributed by atoms with Crippen LogP contribution in [0.15, 0.2) is 41.4 Å². The van der Waals surface area contributed by atoms with Crippen molar-refractivity contribution in [2.75, 3.05) is 0 Å². The second-order valence-electron chi connectivity index (χ2n) is 4.57. The molecule has 0 bridgehead atoms. The molecule has 18 heavy (non-hydrogen) atoms. The Labute approximate surface area is 104 Å². The van der Waals surface area contributed by atoms with Gasteiger partial charge in [0.05, 0.1) is 16.9 Å². The van der Waals surface area contributed by atoms with Crippen LogP contribution in [0, 0.1) is 0 Å². The number of nitrogens with zero attached hydrogens (tertiary/aromatic N) is 2. The van der Waals surface area contributed by atoms with Crippen molar-refractivity contribution >= 4 is 24.6 Å². The third kappa shape index (κ3) is 1.32. The maximum atomic E-state index is 4.56. The van der Waals surface area contributed by atoms with Gasteiger partial charge in [-0.15, -0.1) is 0 Å². The van der Waals surface area contributed by atoms with Gasteiger partial charge >= 0.3 is 0 Å². The quantitative estimate of drug-likeness (QED) is 0.623. The maximum absolute atomic E-state index is 4.56. The minimum absolute atomic E-state index is 1.00. The molecule has 0 N–H and O–H groups in total. The van der Waals surface area contributed by atoms with Crippen molar-refractivity contribution in [1.29, 1.82) is 0 Å². The number of fused-ring (bicyclic) bond motifs is 4. The van der Waals surface area contributed by atoms with Crippen molar-refractivity contribution in [2.45, 2.75) is 6.42 Å². The predicted molar refractivity (Wildman–Crippen MR) is 73.3 cm³/mol. The van der Waals surface area contributed by atoms with Gasteiger partial charge in [-0.1, -0.05) is 36.4 Å². The highest BCUT2D eigenvalue weighted by Crippen LogP contribution is 2.02. The number of aromatic nitrogens is 1. The molecule has 2 nitrogen and oxygen atoms in total. The van der Waals surface area contributed by atoms with Gasteiger partial charge in [0.2, 0.25) is 0 Å². The van der Waals surface area contributed by atoms with E-state index in [9.17, 15) is 0 Å². The summed E-state index contributed by atoms with van der Waals surface area (Å²) in [7, 11) is 0. The molecule has 0 unspecified atom stereocenters. The van der Waals surface area contributed by atoms with Crippen LogP contribution >= 0.6 is 0 Å². The van der Waals surface area contributed by atoms with Gasteiger partial charge in [0.1, 0.15) is 0 Å². The molecule has 0 radical (unpaired) electrons. The zero-order chi connectivity index (χ0) is 11.9. The fourth-order valence-corrected chi connectivity index (χ4v) is 2.54. The van der Waals surface area contributed by atoms with E-state index in [2.05, 4.69) is 52.2 Å². The molecule has 2 heterocycles. The van der Waals surface area contributed by atoms with Crippen molar-refractivity contribution in [1.82, 2.24) is 4.57 Å². The van der Waals surface area contributed by atoms with E-state index in [0.29, 0.717) is 0 Å². The summed E-state index contributed by atoms with van der Waals surface area (Å²) in [6, 6.07) is 10.4. The van der Waals surface area contributed by atoms with Gasteiger partial charge in [0.15, 0.2) is 0 Å². The average Bonchev–Trinajstić information content (AvgIpc) is 2.65. The number of hydrogen-bond acceptors (Lipinski definition) is 1. The van der Waals surface area contributed by atoms with Gasteiger partial charge < -0.3 is 4.57 Å². The number of hydrogen-bond donors (Lipinski definition) is 0. The molecule has 0 atom stereocenters. The van der Waals surface area contributed by atoms with Crippen LogP contribution in [0.5, 0.6) is 0 Å². The molecule has 1 aliphatic heterocycles. The number of para-hydroxylation sites is 1. The van der Waals surface area contributed by atoms with Crippen LogP contribution in [-0.4, -0.2) is 4.57 Å². The van der Waals surface area contributed by atoms with E-state index in [-0.39, 0.29) is 0 Å². The van der Waals surface area contributed by atoms with Crippen LogP contribution in [0.2, 0.25) is 0 Å². The fraction of sp³-hybridized carbons (Fsp3) is 0.0625. The van der Waals surface area contributed by atoms with Crippen molar-refractivity contribution in [3.63, 3.8) is 0 Å². The third-order valence-electron chi connectivity index (χ3n) is 3.42. The lowest BCUT2D eigenvalue weighted by atomic mass is 10.1. The summed E-state index contributed by atoms with van der Waals surface area (Å²) in [5.41, 5.74) is 1.28. The van der Waals surface area contributed by atoms with E-state index in [4.69, 9.17) is 0 Å². The molecular formula is C16H12N2. The summed E-state index contributed by atoms with van der Waals surface area (Å²) in [5, 5.41) is 4.60. The molecule has 2 aromatic rings. The first-order valence-electron chi connectivity index (χ1n) is 6.15. The Kier molecular flexibility index (Phi) is 1.92. The number of allylic oxidation sites excluding steroid dienone is 1. The molecule has 1 aromatic carbocycles. The number of rotatable bonds is 0. The van der Waals surface area contributed by atoms with Crippen LogP contribution < -0.4 is 21.3 Å². The van der Waals surface area contributed by atoms with Gasteiger partial charge in [0.25, 0.3) is 0 Å². The monoisotopic (exact) mass is 232 g/mol. The molecule has 0 saturated carbocycles. The van der Waals surface area contributed by atoms with Crippen molar-refractivity contribution in [3.8, 4) is 0 Å². The van der Waals surface area contributed by atoms with Gasteiger partial charge in [-0.25, -0.2) is 0 Å². The summed E-state index contributed by atoms with van der Waals surface area (Å²) < 4.78 is 2.23. The highest BCUT2D eigenvalue weighted by atomic mass is 15.0. The van der Waals surface area contributed by atoms with E-state index >= 15 is 0 Å². The molecule has 2 aliphatic rings. The smallest absolute Gasteiger partial charge is 0.0717 e. The highest BCUT2D eigenvalue weighted by molar-refractivity contribution is 5.58. The SMILES string of the molecule is C1=Cc2cc3n(c2=CC1)C=c1ccccc1=NC=3. The number of benzene rings is 1. The molecule has 86 valence electrons. The zero-order valence-electron chi connectivity index (χ0n) is 9.88. The molecule has 4 rings (SSSR count). The fourth-order valence-electron chi connectivity index (χ4n) is 2.54. The largest absolute Gasteiger partial charge is 0.315 e. The molecule has 1 aliphatic carbocycles. The summed E-state index contributed by atoms with van der Waals surface area (Å²) in [6.45, 7) is 0. The van der Waals surface area contributed by atoms with Gasteiger partial charge in [-0.3, -0.25) is 4.99 Å². The molecule has 0 spiro atoms. The molecule has 2 heteroatoms. The Morgan fingerprint density at radius 1 is 1.17 bits per heavy atom. The molecule has 0 amide bonds. The van der Waals surface area contributed by atoms with Crippen LogP contribution in [0.3, 0.4) is 0 Å². The average molecular weight is 232 g/mol. The van der Waals surface area contributed by atoms with E-state index in [1.165, 1.54) is 10.9 Å².